The standard InChI is InChI=1S/C26H23ClN2O2S/c1-18-6-2-3-7-20(18)17-29-22-8-4-5-9-23(22)32-24(26(29)31)16-25(30)28-15-14-19-10-12-21(27)13-11-19/h2-13,16H,14-15,17H2,1H3,(H,28,30)/b24-16-. The molecule has 0 aromatic heterocycles. The Morgan fingerprint density at radius 1 is 1.03 bits per heavy atom. The van der Waals surface area contributed by atoms with Crippen LogP contribution in [0.25, 0.3) is 0 Å². The molecular formula is C26H23ClN2O2S. The average Bonchev–Trinajstić information content (AvgIpc) is 2.79. The lowest BCUT2D eigenvalue weighted by molar-refractivity contribution is -0.118. The molecule has 0 spiro atoms. The predicted octanol–water partition coefficient (Wildman–Crippen LogP) is 5.53. The third-order valence-corrected chi connectivity index (χ3v) is 6.64. The highest BCUT2D eigenvalue weighted by Crippen LogP contribution is 2.42. The van der Waals surface area contributed by atoms with Crippen LogP contribution in [-0.4, -0.2) is 18.4 Å². The summed E-state index contributed by atoms with van der Waals surface area (Å²) in [5, 5.41) is 3.56. The number of benzene rings is 3. The number of para-hydroxylation sites is 1. The van der Waals surface area contributed by atoms with Crippen LogP contribution in [-0.2, 0) is 22.6 Å². The molecule has 3 aromatic rings. The number of carbonyl (C=O) groups is 2. The summed E-state index contributed by atoms with van der Waals surface area (Å²) in [5.74, 6) is -0.435. The van der Waals surface area contributed by atoms with Crippen LogP contribution in [0, 0.1) is 6.92 Å². The lowest BCUT2D eigenvalue weighted by atomic mass is 10.1. The zero-order valence-electron chi connectivity index (χ0n) is 17.7. The topological polar surface area (TPSA) is 49.4 Å². The predicted molar refractivity (Wildman–Crippen MR) is 131 cm³/mol. The number of carbonyl (C=O) groups excluding carboxylic acids is 2. The van der Waals surface area contributed by atoms with E-state index in [2.05, 4.69) is 5.32 Å². The van der Waals surface area contributed by atoms with Crippen LogP contribution >= 0.6 is 23.4 Å². The van der Waals surface area contributed by atoms with Crippen molar-refractivity contribution in [2.24, 2.45) is 0 Å². The van der Waals surface area contributed by atoms with E-state index in [4.69, 9.17) is 11.6 Å². The van der Waals surface area contributed by atoms with Crippen molar-refractivity contribution in [3.8, 4) is 0 Å². The molecule has 0 atom stereocenters. The highest BCUT2D eigenvalue weighted by Gasteiger charge is 2.29. The first kappa shape index (κ1) is 22.2. The molecule has 0 unspecified atom stereocenters. The van der Waals surface area contributed by atoms with E-state index in [9.17, 15) is 9.59 Å². The second-order valence-electron chi connectivity index (χ2n) is 7.56. The summed E-state index contributed by atoms with van der Waals surface area (Å²) in [6.07, 6.45) is 2.10. The van der Waals surface area contributed by atoms with Crippen molar-refractivity contribution < 1.29 is 9.59 Å². The Morgan fingerprint density at radius 3 is 2.53 bits per heavy atom. The summed E-state index contributed by atoms with van der Waals surface area (Å²) in [6.45, 7) is 2.97. The van der Waals surface area contributed by atoms with Crippen LogP contribution in [0.5, 0.6) is 0 Å². The normalized spacial score (nSPS) is 14.4. The molecule has 3 aromatic carbocycles. The van der Waals surface area contributed by atoms with Gasteiger partial charge < -0.3 is 10.2 Å². The Balaban J connectivity index is 1.49. The SMILES string of the molecule is Cc1ccccc1CN1C(=O)/C(=C/C(=O)NCCc2ccc(Cl)cc2)Sc2ccccc21. The van der Waals surface area contributed by atoms with Crippen LogP contribution in [0.3, 0.4) is 0 Å². The number of anilines is 1. The lowest BCUT2D eigenvalue weighted by Gasteiger charge is -2.30. The quantitative estimate of drug-likeness (QED) is 0.490. The van der Waals surface area contributed by atoms with Crippen molar-refractivity contribution in [2.45, 2.75) is 24.8 Å². The number of halogens is 1. The van der Waals surface area contributed by atoms with Crippen LogP contribution in [0.2, 0.25) is 5.02 Å². The summed E-state index contributed by atoms with van der Waals surface area (Å²) in [6, 6.07) is 23.4. The number of nitrogens with zero attached hydrogens (tertiary/aromatic N) is 1. The van der Waals surface area contributed by atoms with E-state index in [0.717, 1.165) is 27.3 Å². The second-order valence-corrected chi connectivity index (χ2v) is 9.08. The first-order valence-corrected chi connectivity index (χ1v) is 11.6. The number of thioether (sulfide) groups is 1. The number of rotatable bonds is 6. The molecule has 2 amide bonds. The van der Waals surface area contributed by atoms with Gasteiger partial charge in [-0.15, -0.1) is 0 Å². The van der Waals surface area contributed by atoms with E-state index in [0.29, 0.717) is 29.4 Å². The Bertz CT molecular complexity index is 1170. The van der Waals surface area contributed by atoms with Crippen molar-refractivity contribution in [1.82, 2.24) is 5.32 Å². The van der Waals surface area contributed by atoms with Crippen molar-refractivity contribution in [1.29, 1.82) is 0 Å². The molecule has 0 saturated heterocycles. The summed E-state index contributed by atoms with van der Waals surface area (Å²) in [7, 11) is 0. The van der Waals surface area contributed by atoms with E-state index in [1.165, 1.54) is 17.8 Å². The summed E-state index contributed by atoms with van der Waals surface area (Å²) in [5.41, 5.74) is 4.16. The molecule has 6 heteroatoms. The van der Waals surface area contributed by atoms with Gasteiger partial charge in [0.25, 0.3) is 5.91 Å². The van der Waals surface area contributed by atoms with Crippen LogP contribution in [0.4, 0.5) is 5.69 Å². The maximum atomic E-state index is 13.3. The smallest absolute Gasteiger partial charge is 0.265 e. The average molecular weight is 463 g/mol. The fraction of sp³-hybridized carbons (Fsp3) is 0.154. The molecule has 1 N–H and O–H groups in total. The minimum Gasteiger partial charge on any atom is -0.352 e. The molecule has 162 valence electrons. The van der Waals surface area contributed by atoms with Gasteiger partial charge >= 0.3 is 0 Å². The zero-order valence-corrected chi connectivity index (χ0v) is 19.2. The van der Waals surface area contributed by atoms with Gasteiger partial charge in [0.05, 0.1) is 17.1 Å². The highest BCUT2D eigenvalue weighted by molar-refractivity contribution is 8.04. The molecule has 0 saturated carbocycles. The fourth-order valence-electron chi connectivity index (χ4n) is 3.53. The molecule has 4 nitrogen and oxygen atoms in total. The molecule has 0 radical (unpaired) electrons. The van der Waals surface area contributed by atoms with Gasteiger partial charge in [0.1, 0.15) is 0 Å². The van der Waals surface area contributed by atoms with E-state index < -0.39 is 0 Å². The first-order chi connectivity index (χ1) is 15.5. The largest absolute Gasteiger partial charge is 0.352 e. The number of aryl methyl sites for hydroxylation is 1. The van der Waals surface area contributed by atoms with Gasteiger partial charge in [-0.25, -0.2) is 0 Å². The van der Waals surface area contributed by atoms with Crippen molar-refractivity contribution >= 4 is 40.9 Å². The summed E-state index contributed by atoms with van der Waals surface area (Å²) in [4.78, 5) is 29.0. The molecule has 1 aliphatic rings. The lowest BCUT2D eigenvalue weighted by Crippen LogP contribution is -2.35. The Kier molecular flexibility index (Phi) is 6.98. The van der Waals surface area contributed by atoms with E-state index >= 15 is 0 Å². The number of amides is 2. The molecular weight excluding hydrogens is 440 g/mol. The Hall–Kier alpha value is -3.02. The van der Waals surface area contributed by atoms with Gasteiger partial charge in [-0.2, -0.15) is 0 Å². The van der Waals surface area contributed by atoms with Gasteiger partial charge in [-0.1, -0.05) is 71.9 Å². The molecule has 0 fully saturated rings. The number of hydrogen-bond donors (Lipinski definition) is 1. The van der Waals surface area contributed by atoms with E-state index in [1.807, 2.05) is 79.7 Å². The van der Waals surface area contributed by atoms with Crippen LogP contribution in [0.1, 0.15) is 16.7 Å². The molecule has 0 aliphatic carbocycles. The van der Waals surface area contributed by atoms with Crippen molar-refractivity contribution in [3.05, 3.63) is 105 Å². The molecule has 1 heterocycles. The molecule has 4 rings (SSSR count). The molecule has 0 bridgehead atoms. The van der Waals surface area contributed by atoms with Crippen molar-refractivity contribution in [2.75, 3.05) is 11.4 Å². The fourth-order valence-corrected chi connectivity index (χ4v) is 4.68. The maximum Gasteiger partial charge on any atom is 0.265 e. The third kappa shape index (κ3) is 5.23. The minimum atomic E-state index is -0.273. The van der Waals surface area contributed by atoms with Gasteiger partial charge in [0, 0.05) is 22.5 Å². The van der Waals surface area contributed by atoms with E-state index in [1.54, 1.807) is 4.90 Å². The molecule has 32 heavy (non-hydrogen) atoms. The van der Waals surface area contributed by atoms with Crippen molar-refractivity contribution in [3.63, 3.8) is 0 Å². The number of fused-ring (bicyclic) bond motifs is 1. The maximum absolute atomic E-state index is 13.3. The number of hydrogen-bond acceptors (Lipinski definition) is 3. The Labute approximate surface area is 197 Å². The molecule has 1 aliphatic heterocycles. The van der Waals surface area contributed by atoms with Gasteiger partial charge in [0.15, 0.2) is 0 Å². The van der Waals surface area contributed by atoms with Gasteiger partial charge in [-0.05, 0) is 54.3 Å². The van der Waals surface area contributed by atoms with Crippen LogP contribution < -0.4 is 10.2 Å². The first-order valence-electron chi connectivity index (χ1n) is 10.4. The minimum absolute atomic E-state index is 0.162. The van der Waals surface area contributed by atoms with Crippen LogP contribution in [0.15, 0.2) is 88.7 Å². The highest BCUT2D eigenvalue weighted by atomic mass is 35.5. The monoisotopic (exact) mass is 462 g/mol. The Morgan fingerprint density at radius 2 is 1.75 bits per heavy atom. The third-order valence-electron chi connectivity index (χ3n) is 5.31. The summed E-state index contributed by atoms with van der Waals surface area (Å²) < 4.78 is 0. The van der Waals surface area contributed by atoms with E-state index in [-0.39, 0.29) is 11.8 Å². The summed E-state index contributed by atoms with van der Waals surface area (Å²) >= 11 is 7.25. The van der Waals surface area contributed by atoms with Gasteiger partial charge in [0.2, 0.25) is 5.91 Å². The zero-order chi connectivity index (χ0) is 22.5. The number of nitrogens with one attached hydrogen (secondary N) is 1. The van der Waals surface area contributed by atoms with Gasteiger partial charge in [-0.3, -0.25) is 9.59 Å². The second kappa shape index (κ2) is 10.1.